The van der Waals surface area contributed by atoms with Gasteiger partial charge >= 0.3 is 11.7 Å². The smallest absolute Gasteiger partial charge is 0.351 e. The van der Waals surface area contributed by atoms with Gasteiger partial charge in [0.05, 0.1) is 6.61 Å². The second-order valence-electron chi connectivity index (χ2n) is 7.28. The minimum atomic E-state index is -1.31. The number of para-hydroxylation sites is 1. The summed E-state index contributed by atoms with van der Waals surface area (Å²) in [5, 5.41) is 37.9. The van der Waals surface area contributed by atoms with Crippen LogP contribution in [-0.4, -0.2) is 71.9 Å². The number of ether oxygens (including phenoxy) is 1. The van der Waals surface area contributed by atoms with Crippen LogP contribution in [0.5, 0.6) is 0 Å². The first-order chi connectivity index (χ1) is 15.2. The Balaban J connectivity index is 0.000000228. The van der Waals surface area contributed by atoms with Crippen molar-refractivity contribution in [3.63, 3.8) is 0 Å². The molecule has 13 heteroatoms. The third-order valence-electron chi connectivity index (χ3n) is 5.07. The number of aliphatic carboxylic acids is 1. The second-order valence-corrected chi connectivity index (χ2v) is 7.28. The second kappa shape index (κ2) is 11.5. The number of H-pyrrole nitrogens is 1. The van der Waals surface area contributed by atoms with Crippen molar-refractivity contribution in [1.29, 1.82) is 0 Å². The largest absolute Gasteiger partial charge is 0.480 e. The van der Waals surface area contributed by atoms with Gasteiger partial charge in [0.2, 0.25) is 0 Å². The molecule has 1 unspecified atom stereocenters. The van der Waals surface area contributed by atoms with Crippen molar-refractivity contribution in [3.05, 3.63) is 58.8 Å². The Hall–Kier alpha value is -2.55. The Labute approximate surface area is 203 Å². The standard InChI is InChI=1S/C11H12N2O2.C9H13N3O5.Au/c12-9(11(14)15)5-7-6-13-10-4-2-1-3-8(7)10;10-5-1-2-12(9(16)11-5)8-7(15)6(14)4(3-13)17-8;/h1-4,6,9,13H,5,12H2,(H,14,15);1-2,4,6-8,13-15H,3H2,(H2,10,11,16);/t;4-,6-,7-,8-;/m.1./s1. The number of fused-ring (bicyclic) bond motifs is 1. The number of aromatic amines is 1. The van der Waals surface area contributed by atoms with Gasteiger partial charge in [0, 0.05) is 52.1 Å². The van der Waals surface area contributed by atoms with Crippen molar-refractivity contribution in [2.45, 2.75) is 37.0 Å². The Kier molecular flexibility index (Phi) is 9.34. The van der Waals surface area contributed by atoms with Gasteiger partial charge in [-0.2, -0.15) is 4.98 Å². The third-order valence-corrected chi connectivity index (χ3v) is 5.07. The molecular formula is C20H25AuN5O7. The molecule has 1 saturated heterocycles. The van der Waals surface area contributed by atoms with Crippen LogP contribution in [0.25, 0.3) is 10.9 Å². The van der Waals surface area contributed by atoms with E-state index in [4.69, 9.17) is 26.4 Å². The number of nitrogens with one attached hydrogen (secondary N) is 1. The number of aliphatic hydroxyl groups excluding tert-OH is 3. The number of rotatable bonds is 5. The number of carboxylic acids is 1. The van der Waals surface area contributed by atoms with E-state index in [9.17, 15) is 19.8 Å². The molecule has 3 heterocycles. The van der Waals surface area contributed by atoms with Gasteiger partial charge in [-0.15, -0.1) is 0 Å². The van der Waals surface area contributed by atoms with Gasteiger partial charge in [-0.25, -0.2) is 4.79 Å². The normalized spacial score (nSPS) is 22.8. The van der Waals surface area contributed by atoms with E-state index >= 15 is 0 Å². The topological polar surface area (TPSA) is 210 Å². The number of aliphatic hydroxyl groups is 3. The van der Waals surface area contributed by atoms with Gasteiger partial charge in [0.25, 0.3) is 0 Å². The zero-order valence-electron chi connectivity index (χ0n) is 17.2. The maximum absolute atomic E-state index is 11.5. The SMILES string of the molecule is NC(Cc1c[nH]c2ccccc12)C(=O)O.Nc1ccn([C@@H]2O[C@H](CO)[C@@H](O)[C@H]2O)c(=O)n1.[Au]. The van der Waals surface area contributed by atoms with Gasteiger partial charge in [-0.3, -0.25) is 9.36 Å². The fourth-order valence-corrected chi connectivity index (χ4v) is 3.35. The Bertz CT molecular complexity index is 1140. The van der Waals surface area contributed by atoms with Crippen LogP contribution >= 0.6 is 0 Å². The number of benzene rings is 1. The van der Waals surface area contributed by atoms with Crippen molar-refractivity contribution < 1.29 is 52.3 Å². The average Bonchev–Trinajstić information content (AvgIpc) is 3.30. The predicted molar refractivity (Wildman–Crippen MR) is 114 cm³/mol. The van der Waals surface area contributed by atoms with Crippen LogP contribution in [0, 0.1) is 0 Å². The summed E-state index contributed by atoms with van der Waals surface area (Å²) >= 11 is 0. The molecule has 3 aromatic rings. The molecule has 0 amide bonds. The molecule has 0 spiro atoms. The van der Waals surface area contributed by atoms with E-state index in [-0.39, 0.29) is 28.2 Å². The number of carbonyl (C=O) groups is 1. The van der Waals surface area contributed by atoms with E-state index in [1.807, 2.05) is 30.5 Å². The minimum absolute atomic E-state index is 0. The molecule has 4 rings (SSSR count). The van der Waals surface area contributed by atoms with Crippen LogP contribution in [-0.2, 0) is 38.3 Å². The molecule has 0 aliphatic carbocycles. The van der Waals surface area contributed by atoms with Crippen molar-refractivity contribution in [3.8, 4) is 0 Å². The molecule has 1 aromatic carbocycles. The van der Waals surface area contributed by atoms with E-state index in [0.717, 1.165) is 21.0 Å². The molecule has 1 aliphatic rings. The molecule has 0 saturated carbocycles. The molecule has 12 nitrogen and oxygen atoms in total. The first-order valence-corrected chi connectivity index (χ1v) is 9.73. The zero-order valence-corrected chi connectivity index (χ0v) is 19.4. The molecule has 1 fully saturated rings. The summed E-state index contributed by atoms with van der Waals surface area (Å²) < 4.78 is 6.19. The first-order valence-electron chi connectivity index (χ1n) is 9.73. The van der Waals surface area contributed by atoms with E-state index in [1.54, 1.807) is 0 Å². The number of hydrogen-bond donors (Lipinski definition) is 7. The van der Waals surface area contributed by atoms with Crippen LogP contribution in [0.15, 0.2) is 47.5 Å². The molecule has 33 heavy (non-hydrogen) atoms. The number of anilines is 1. The van der Waals surface area contributed by atoms with Crippen molar-refractivity contribution in [1.82, 2.24) is 14.5 Å². The van der Waals surface area contributed by atoms with Gasteiger partial charge in [-0.1, -0.05) is 18.2 Å². The van der Waals surface area contributed by atoms with Gasteiger partial charge in [0.15, 0.2) is 6.23 Å². The summed E-state index contributed by atoms with van der Waals surface area (Å²) in [4.78, 5) is 28.7. The van der Waals surface area contributed by atoms with Crippen molar-refractivity contribution in [2.75, 3.05) is 12.3 Å². The Morgan fingerprint density at radius 3 is 2.55 bits per heavy atom. The molecule has 0 bridgehead atoms. The van der Waals surface area contributed by atoms with Gasteiger partial charge in [-0.05, 0) is 17.7 Å². The summed E-state index contributed by atoms with van der Waals surface area (Å²) in [5.41, 5.74) is 12.1. The van der Waals surface area contributed by atoms with Gasteiger partial charge in [0.1, 0.15) is 30.2 Å². The maximum Gasteiger partial charge on any atom is 0.351 e. The van der Waals surface area contributed by atoms with Crippen molar-refractivity contribution in [2.24, 2.45) is 5.73 Å². The summed E-state index contributed by atoms with van der Waals surface area (Å²) in [7, 11) is 0. The molecule has 1 aliphatic heterocycles. The van der Waals surface area contributed by atoms with Crippen LogP contribution in [0.1, 0.15) is 11.8 Å². The fraction of sp³-hybridized carbons (Fsp3) is 0.350. The number of nitrogens with two attached hydrogens (primary N) is 2. The summed E-state index contributed by atoms with van der Waals surface area (Å²) in [6.07, 6.45) is -1.11. The molecular weight excluding hydrogens is 619 g/mol. The predicted octanol–water partition coefficient (Wildman–Crippen LogP) is -1.44. The molecule has 2 aromatic heterocycles. The van der Waals surface area contributed by atoms with Crippen molar-refractivity contribution >= 4 is 22.7 Å². The third kappa shape index (κ3) is 6.07. The number of nitrogen functional groups attached to an aromatic ring is 1. The monoisotopic (exact) mass is 644 g/mol. The summed E-state index contributed by atoms with van der Waals surface area (Å²) in [6.45, 7) is -0.453. The molecule has 9 N–H and O–H groups in total. The molecule has 5 atom stereocenters. The minimum Gasteiger partial charge on any atom is -0.480 e. The van der Waals surface area contributed by atoms with Crippen LogP contribution in [0.2, 0.25) is 0 Å². The van der Waals surface area contributed by atoms with E-state index < -0.39 is 48.8 Å². The van der Waals surface area contributed by atoms with E-state index in [2.05, 4.69) is 9.97 Å². The van der Waals surface area contributed by atoms with Crippen LogP contribution in [0.4, 0.5) is 5.82 Å². The quantitative estimate of drug-likeness (QED) is 0.161. The summed E-state index contributed by atoms with van der Waals surface area (Å²) in [5.74, 6) is -0.918. The maximum atomic E-state index is 11.5. The summed E-state index contributed by atoms with van der Waals surface area (Å²) in [6, 6.07) is 8.28. The Morgan fingerprint density at radius 2 is 1.94 bits per heavy atom. The zero-order chi connectivity index (χ0) is 23.4. The van der Waals surface area contributed by atoms with Crippen LogP contribution in [0.3, 0.4) is 0 Å². The average molecular weight is 644 g/mol. The number of nitrogens with zero attached hydrogens (tertiary/aromatic N) is 2. The van der Waals surface area contributed by atoms with E-state index in [1.165, 1.54) is 12.3 Å². The Morgan fingerprint density at radius 1 is 1.24 bits per heavy atom. The molecule has 183 valence electrons. The fourth-order valence-electron chi connectivity index (χ4n) is 3.35. The first kappa shape index (κ1) is 26.7. The van der Waals surface area contributed by atoms with Gasteiger partial charge < -0.3 is 41.6 Å². The van der Waals surface area contributed by atoms with E-state index in [0.29, 0.717) is 6.42 Å². The number of carboxylic acid groups (broad SMARTS) is 1. The van der Waals surface area contributed by atoms with Crippen LogP contribution < -0.4 is 17.2 Å². The molecule has 1 radical (unpaired) electrons. The number of hydrogen-bond acceptors (Lipinski definition) is 9. The number of aromatic nitrogens is 3.